The fourth-order valence-corrected chi connectivity index (χ4v) is 2.99. The van der Waals surface area contributed by atoms with Gasteiger partial charge >= 0.3 is 0 Å². The Kier molecular flexibility index (Phi) is 4.60. The molecular weight excluding hydrogens is 282 g/mol. The number of hydrogen-bond donors (Lipinski definition) is 2. The number of fused-ring (bicyclic) bond motifs is 1. The van der Waals surface area contributed by atoms with Crippen LogP contribution in [0, 0.1) is 0 Å². The van der Waals surface area contributed by atoms with Crippen molar-refractivity contribution in [1.82, 2.24) is 14.7 Å². The third kappa shape index (κ3) is 3.40. The Morgan fingerprint density at radius 3 is 3.09 bits per heavy atom. The minimum Gasteiger partial charge on any atom is -0.368 e. The summed E-state index contributed by atoms with van der Waals surface area (Å²) in [5.74, 6) is 0.987. The SMILES string of the molecule is O=C(CCN1CCCCCC1=O)Nc1cnn2c1NCCC2. The van der Waals surface area contributed by atoms with E-state index in [1.54, 1.807) is 6.20 Å². The van der Waals surface area contributed by atoms with Crippen molar-refractivity contribution in [3.05, 3.63) is 6.20 Å². The summed E-state index contributed by atoms with van der Waals surface area (Å²) in [4.78, 5) is 25.8. The van der Waals surface area contributed by atoms with Crippen LogP contribution in [0.3, 0.4) is 0 Å². The quantitative estimate of drug-likeness (QED) is 0.882. The predicted molar refractivity (Wildman–Crippen MR) is 83.6 cm³/mol. The molecule has 0 aromatic carbocycles. The van der Waals surface area contributed by atoms with Crippen LogP contribution in [0.1, 0.15) is 38.5 Å². The summed E-state index contributed by atoms with van der Waals surface area (Å²) in [5.41, 5.74) is 0.729. The van der Waals surface area contributed by atoms with E-state index < -0.39 is 0 Å². The molecule has 2 aliphatic rings. The van der Waals surface area contributed by atoms with Gasteiger partial charge in [0.1, 0.15) is 11.5 Å². The summed E-state index contributed by atoms with van der Waals surface area (Å²) in [6.07, 6.45) is 6.77. The van der Waals surface area contributed by atoms with Crippen molar-refractivity contribution in [2.45, 2.75) is 45.1 Å². The van der Waals surface area contributed by atoms with Gasteiger partial charge in [0.05, 0.1) is 6.20 Å². The first-order valence-corrected chi connectivity index (χ1v) is 8.11. The first-order valence-electron chi connectivity index (χ1n) is 8.11. The molecule has 22 heavy (non-hydrogen) atoms. The minimum absolute atomic E-state index is 0.0692. The summed E-state index contributed by atoms with van der Waals surface area (Å²) in [6.45, 7) is 3.05. The van der Waals surface area contributed by atoms with Crippen LogP contribution in [0.25, 0.3) is 0 Å². The number of likely N-dealkylation sites (tertiary alicyclic amines) is 1. The van der Waals surface area contributed by atoms with Crippen LogP contribution >= 0.6 is 0 Å². The molecular formula is C15H23N5O2. The highest BCUT2D eigenvalue weighted by Gasteiger charge is 2.19. The number of nitrogens with one attached hydrogen (secondary N) is 2. The number of carbonyl (C=O) groups excluding carboxylic acids is 2. The molecule has 0 bridgehead atoms. The van der Waals surface area contributed by atoms with Crippen LogP contribution in [-0.2, 0) is 16.1 Å². The number of rotatable bonds is 4. The lowest BCUT2D eigenvalue weighted by atomic mass is 10.2. The van der Waals surface area contributed by atoms with E-state index in [0.29, 0.717) is 19.4 Å². The predicted octanol–water partition coefficient (Wildman–Crippen LogP) is 1.43. The normalized spacial score (nSPS) is 18.4. The zero-order valence-corrected chi connectivity index (χ0v) is 12.8. The van der Waals surface area contributed by atoms with Gasteiger partial charge in [0.25, 0.3) is 0 Å². The fraction of sp³-hybridized carbons (Fsp3) is 0.667. The Balaban J connectivity index is 1.52. The molecule has 1 aromatic heterocycles. The van der Waals surface area contributed by atoms with Crippen LogP contribution in [0.5, 0.6) is 0 Å². The van der Waals surface area contributed by atoms with E-state index in [4.69, 9.17) is 0 Å². The first kappa shape index (κ1) is 14.9. The van der Waals surface area contributed by atoms with Gasteiger partial charge in [0.15, 0.2) is 0 Å². The maximum Gasteiger partial charge on any atom is 0.226 e. The molecule has 2 amide bonds. The average molecular weight is 305 g/mol. The molecule has 7 nitrogen and oxygen atoms in total. The van der Waals surface area contributed by atoms with E-state index in [9.17, 15) is 9.59 Å². The van der Waals surface area contributed by atoms with E-state index in [0.717, 1.165) is 56.8 Å². The van der Waals surface area contributed by atoms with Gasteiger partial charge in [-0.2, -0.15) is 5.10 Å². The topological polar surface area (TPSA) is 79.3 Å². The van der Waals surface area contributed by atoms with Crippen LogP contribution in [0.4, 0.5) is 11.5 Å². The van der Waals surface area contributed by atoms with Gasteiger partial charge in [-0.1, -0.05) is 6.42 Å². The maximum atomic E-state index is 12.1. The van der Waals surface area contributed by atoms with E-state index in [1.165, 1.54) is 0 Å². The molecule has 1 saturated heterocycles. The van der Waals surface area contributed by atoms with E-state index in [-0.39, 0.29) is 11.8 Å². The molecule has 2 aliphatic heterocycles. The van der Waals surface area contributed by atoms with Crippen LogP contribution in [0.15, 0.2) is 6.20 Å². The summed E-state index contributed by atoms with van der Waals surface area (Å²) >= 11 is 0. The van der Waals surface area contributed by atoms with Gasteiger partial charge < -0.3 is 15.5 Å². The highest BCUT2D eigenvalue weighted by Crippen LogP contribution is 2.24. The Morgan fingerprint density at radius 2 is 2.18 bits per heavy atom. The van der Waals surface area contributed by atoms with Crippen molar-refractivity contribution in [2.75, 3.05) is 30.3 Å². The van der Waals surface area contributed by atoms with Crippen molar-refractivity contribution in [3.63, 3.8) is 0 Å². The monoisotopic (exact) mass is 305 g/mol. The first-order chi connectivity index (χ1) is 10.7. The molecule has 0 aliphatic carbocycles. The molecule has 3 heterocycles. The number of anilines is 2. The Bertz CT molecular complexity index is 554. The van der Waals surface area contributed by atoms with E-state index in [1.807, 2.05) is 9.58 Å². The molecule has 1 aromatic rings. The second-order valence-corrected chi connectivity index (χ2v) is 5.90. The van der Waals surface area contributed by atoms with Crippen molar-refractivity contribution in [2.24, 2.45) is 0 Å². The number of nitrogens with zero attached hydrogens (tertiary/aromatic N) is 3. The molecule has 3 rings (SSSR count). The largest absolute Gasteiger partial charge is 0.368 e. The molecule has 2 N–H and O–H groups in total. The molecule has 0 unspecified atom stereocenters. The number of carbonyl (C=O) groups is 2. The lowest BCUT2D eigenvalue weighted by molar-refractivity contribution is -0.131. The van der Waals surface area contributed by atoms with Crippen LogP contribution in [0.2, 0.25) is 0 Å². The van der Waals surface area contributed by atoms with Crippen LogP contribution < -0.4 is 10.6 Å². The van der Waals surface area contributed by atoms with Gasteiger partial charge in [0, 0.05) is 39.0 Å². The van der Waals surface area contributed by atoms with Crippen molar-refractivity contribution < 1.29 is 9.59 Å². The molecule has 0 saturated carbocycles. The van der Waals surface area contributed by atoms with E-state index in [2.05, 4.69) is 15.7 Å². The molecule has 0 spiro atoms. The average Bonchev–Trinajstić information content (AvgIpc) is 2.81. The molecule has 0 atom stereocenters. The van der Waals surface area contributed by atoms with Gasteiger partial charge in [-0.25, -0.2) is 4.68 Å². The lowest BCUT2D eigenvalue weighted by Gasteiger charge is -2.20. The number of aryl methyl sites for hydroxylation is 1. The highest BCUT2D eigenvalue weighted by molar-refractivity contribution is 5.93. The standard InChI is InChI=1S/C15H23N5O2/c21-13(6-10-19-8-3-1-2-5-14(19)22)18-12-11-17-20-9-4-7-16-15(12)20/h11,16H,1-10H2,(H,18,21). The maximum absolute atomic E-state index is 12.1. The van der Waals surface area contributed by atoms with Gasteiger partial charge in [0.2, 0.25) is 11.8 Å². The third-order valence-electron chi connectivity index (χ3n) is 4.23. The second kappa shape index (κ2) is 6.81. The zero-order valence-electron chi connectivity index (χ0n) is 12.8. The molecule has 0 radical (unpaired) electrons. The minimum atomic E-state index is -0.0692. The zero-order chi connectivity index (χ0) is 15.4. The lowest BCUT2D eigenvalue weighted by Crippen LogP contribution is -2.33. The van der Waals surface area contributed by atoms with Crippen molar-refractivity contribution in [1.29, 1.82) is 0 Å². The summed E-state index contributed by atoms with van der Waals surface area (Å²) in [6, 6.07) is 0. The third-order valence-corrected chi connectivity index (χ3v) is 4.23. The van der Waals surface area contributed by atoms with Gasteiger partial charge in [-0.05, 0) is 19.3 Å². The number of hydrogen-bond acceptors (Lipinski definition) is 4. The van der Waals surface area contributed by atoms with Crippen molar-refractivity contribution in [3.8, 4) is 0 Å². The van der Waals surface area contributed by atoms with Crippen molar-refractivity contribution >= 4 is 23.3 Å². The second-order valence-electron chi connectivity index (χ2n) is 5.90. The molecule has 1 fully saturated rings. The summed E-state index contributed by atoms with van der Waals surface area (Å²) in [7, 11) is 0. The van der Waals surface area contributed by atoms with Gasteiger partial charge in [-0.3, -0.25) is 9.59 Å². The summed E-state index contributed by atoms with van der Waals surface area (Å²) in [5, 5.41) is 10.4. The Morgan fingerprint density at radius 1 is 1.27 bits per heavy atom. The van der Waals surface area contributed by atoms with Crippen LogP contribution in [-0.4, -0.2) is 46.1 Å². The highest BCUT2D eigenvalue weighted by atomic mass is 16.2. The molecule has 7 heteroatoms. The summed E-state index contributed by atoms with van der Waals surface area (Å²) < 4.78 is 1.87. The number of amides is 2. The smallest absolute Gasteiger partial charge is 0.226 e. The molecule has 120 valence electrons. The van der Waals surface area contributed by atoms with Gasteiger partial charge in [-0.15, -0.1) is 0 Å². The number of aromatic nitrogens is 2. The Hall–Kier alpha value is -2.05. The Labute approximate surface area is 130 Å². The van der Waals surface area contributed by atoms with E-state index >= 15 is 0 Å². The fourth-order valence-electron chi connectivity index (χ4n) is 2.99.